The number of benzene rings is 3. The van der Waals surface area contributed by atoms with E-state index in [4.69, 9.17) is 0 Å². The Bertz CT molecular complexity index is 1430. The number of amides is 1. The average molecular weight is 496 g/mol. The molecule has 1 aromatic heterocycles. The van der Waals surface area contributed by atoms with Gasteiger partial charge in [-0.1, -0.05) is 60.7 Å². The van der Waals surface area contributed by atoms with Gasteiger partial charge in [-0.15, -0.1) is 0 Å². The number of aromatic nitrogens is 1. The number of H-pyrrole nitrogens is 1. The lowest BCUT2D eigenvalue weighted by molar-refractivity contribution is -0.142. The first kappa shape index (κ1) is 23.9. The van der Waals surface area contributed by atoms with Gasteiger partial charge in [0.2, 0.25) is 5.91 Å². The highest BCUT2D eigenvalue weighted by Crippen LogP contribution is 2.53. The SMILES string of the molecule is CN(C)[C@]1(c2cccc(F)c2)CC[C@@]2(CC1)c1[nH]c3ccccc3c1CCN2C(=O)Cc1ccccc1. The number of aromatic amines is 1. The van der Waals surface area contributed by atoms with Crippen LogP contribution < -0.4 is 0 Å². The van der Waals surface area contributed by atoms with Gasteiger partial charge in [-0.3, -0.25) is 9.69 Å². The molecule has 5 heteroatoms. The van der Waals surface area contributed by atoms with Crippen LogP contribution >= 0.6 is 0 Å². The Kier molecular flexibility index (Phi) is 5.91. The summed E-state index contributed by atoms with van der Waals surface area (Å²) in [6.07, 6.45) is 4.58. The zero-order valence-corrected chi connectivity index (χ0v) is 21.6. The van der Waals surface area contributed by atoms with Crippen LogP contribution in [0.15, 0.2) is 78.9 Å². The van der Waals surface area contributed by atoms with Crippen molar-refractivity contribution in [1.82, 2.24) is 14.8 Å². The zero-order chi connectivity index (χ0) is 25.6. The molecule has 1 saturated carbocycles. The minimum Gasteiger partial charge on any atom is -0.356 e. The molecule has 1 fully saturated rings. The van der Waals surface area contributed by atoms with Gasteiger partial charge in [-0.2, -0.15) is 0 Å². The van der Waals surface area contributed by atoms with Gasteiger partial charge in [0.15, 0.2) is 0 Å². The van der Waals surface area contributed by atoms with Crippen molar-refractivity contribution in [1.29, 1.82) is 0 Å². The molecule has 4 aromatic rings. The molecular formula is C32H34FN3O. The predicted molar refractivity (Wildman–Crippen MR) is 146 cm³/mol. The van der Waals surface area contributed by atoms with Crippen LogP contribution in [-0.2, 0) is 28.7 Å². The predicted octanol–water partition coefficient (Wildman–Crippen LogP) is 6.16. The van der Waals surface area contributed by atoms with Gasteiger partial charge in [0.1, 0.15) is 5.82 Å². The molecule has 3 aromatic carbocycles. The molecule has 6 rings (SSSR count). The Hall–Kier alpha value is -3.44. The summed E-state index contributed by atoms with van der Waals surface area (Å²) in [5, 5.41) is 1.27. The molecule has 0 unspecified atom stereocenters. The van der Waals surface area contributed by atoms with E-state index >= 15 is 0 Å². The summed E-state index contributed by atoms with van der Waals surface area (Å²) in [6.45, 7) is 0.718. The molecule has 0 bridgehead atoms. The van der Waals surface area contributed by atoms with Crippen molar-refractivity contribution in [3.63, 3.8) is 0 Å². The highest BCUT2D eigenvalue weighted by molar-refractivity contribution is 5.87. The van der Waals surface area contributed by atoms with Crippen LogP contribution in [0.4, 0.5) is 4.39 Å². The first-order valence-corrected chi connectivity index (χ1v) is 13.3. The average Bonchev–Trinajstić information content (AvgIpc) is 3.30. The first-order valence-electron chi connectivity index (χ1n) is 13.3. The van der Waals surface area contributed by atoms with Crippen LogP contribution in [-0.4, -0.2) is 41.3 Å². The number of fused-ring (bicyclic) bond motifs is 4. The molecule has 2 aliphatic rings. The van der Waals surface area contributed by atoms with E-state index in [2.05, 4.69) is 59.2 Å². The summed E-state index contributed by atoms with van der Waals surface area (Å²) >= 11 is 0. The molecule has 2 heterocycles. The Balaban J connectivity index is 1.42. The van der Waals surface area contributed by atoms with Gasteiger partial charge in [-0.25, -0.2) is 4.39 Å². The van der Waals surface area contributed by atoms with Crippen molar-refractivity contribution in [2.45, 2.75) is 49.6 Å². The van der Waals surface area contributed by atoms with E-state index in [1.54, 1.807) is 6.07 Å². The van der Waals surface area contributed by atoms with Crippen LogP contribution in [0.3, 0.4) is 0 Å². The van der Waals surface area contributed by atoms with Crippen LogP contribution in [0.25, 0.3) is 10.9 Å². The third-order valence-corrected chi connectivity index (χ3v) is 9.00. The van der Waals surface area contributed by atoms with E-state index in [-0.39, 0.29) is 17.3 Å². The summed E-state index contributed by atoms with van der Waals surface area (Å²) in [6, 6.07) is 25.6. The van der Waals surface area contributed by atoms with E-state index in [0.29, 0.717) is 6.42 Å². The molecule has 1 amide bonds. The number of nitrogens with zero attached hydrogens (tertiary/aromatic N) is 2. The van der Waals surface area contributed by atoms with Gasteiger partial charge in [-0.05, 0) is 81.1 Å². The maximum absolute atomic E-state index is 14.3. The molecule has 1 spiro atoms. The highest BCUT2D eigenvalue weighted by Gasteiger charge is 2.52. The smallest absolute Gasteiger partial charge is 0.227 e. The maximum atomic E-state index is 14.3. The van der Waals surface area contributed by atoms with Crippen molar-refractivity contribution in [3.8, 4) is 0 Å². The fourth-order valence-corrected chi connectivity index (χ4v) is 7.03. The molecular weight excluding hydrogens is 461 g/mol. The van der Waals surface area contributed by atoms with E-state index in [0.717, 1.165) is 55.3 Å². The summed E-state index contributed by atoms with van der Waals surface area (Å²) in [5.74, 6) is -0.0205. The van der Waals surface area contributed by atoms with Gasteiger partial charge in [0, 0.05) is 28.7 Å². The van der Waals surface area contributed by atoms with E-state index in [9.17, 15) is 9.18 Å². The molecule has 1 N–H and O–H groups in total. The quantitative estimate of drug-likeness (QED) is 0.368. The number of nitrogens with one attached hydrogen (secondary N) is 1. The van der Waals surface area contributed by atoms with Crippen molar-refractivity contribution >= 4 is 16.8 Å². The molecule has 0 radical (unpaired) electrons. The van der Waals surface area contributed by atoms with Gasteiger partial charge >= 0.3 is 0 Å². The summed E-state index contributed by atoms with van der Waals surface area (Å²) < 4.78 is 14.3. The summed E-state index contributed by atoms with van der Waals surface area (Å²) in [4.78, 5) is 22.1. The first-order chi connectivity index (χ1) is 17.9. The number of carbonyl (C=O) groups excluding carboxylic acids is 1. The van der Waals surface area contributed by atoms with Crippen molar-refractivity contribution in [2.24, 2.45) is 0 Å². The van der Waals surface area contributed by atoms with Gasteiger partial charge in [0.05, 0.1) is 12.0 Å². The second-order valence-corrected chi connectivity index (χ2v) is 10.9. The molecule has 1 aliphatic heterocycles. The lowest BCUT2D eigenvalue weighted by atomic mass is 9.65. The minimum absolute atomic E-state index is 0.179. The molecule has 37 heavy (non-hydrogen) atoms. The number of halogens is 1. The van der Waals surface area contributed by atoms with Crippen molar-refractivity contribution < 1.29 is 9.18 Å². The topological polar surface area (TPSA) is 39.3 Å². The number of rotatable bonds is 4. The second-order valence-electron chi connectivity index (χ2n) is 10.9. The van der Waals surface area contributed by atoms with Crippen LogP contribution in [0.1, 0.15) is 48.1 Å². The fraction of sp³-hybridized carbons (Fsp3) is 0.344. The molecule has 0 saturated heterocycles. The second kappa shape index (κ2) is 9.14. The van der Waals surface area contributed by atoms with Crippen LogP contribution in [0.2, 0.25) is 0 Å². The van der Waals surface area contributed by atoms with Gasteiger partial charge in [0.25, 0.3) is 0 Å². The Morgan fingerprint density at radius 1 is 0.946 bits per heavy atom. The number of hydrogen-bond donors (Lipinski definition) is 1. The van der Waals surface area contributed by atoms with E-state index in [1.165, 1.54) is 22.7 Å². The van der Waals surface area contributed by atoms with E-state index < -0.39 is 5.54 Å². The standard InChI is InChI=1S/C32H34FN3O/c1-35(2)31(24-11-8-12-25(33)22-24)16-18-32(19-17-31)30-27(26-13-6-7-14-28(26)34-30)15-20-36(32)29(37)21-23-9-4-3-5-10-23/h3-14,22,34H,15-21H2,1-2H3/t31-,32-. The fourth-order valence-electron chi connectivity index (χ4n) is 7.03. The summed E-state index contributed by atoms with van der Waals surface area (Å²) in [7, 11) is 4.19. The molecule has 4 nitrogen and oxygen atoms in total. The maximum Gasteiger partial charge on any atom is 0.227 e. The Morgan fingerprint density at radius 2 is 1.68 bits per heavy atom. The summed E-state index contributed by atoms with van der Waals surface area (Å²) in [5.41, 5.74) is 5.08. The normalized spacial score (nSPS) is 23.5. The lowest BCUT2D eigenvalue weighted by Gasteiger charge is -2.55. The highest BCUT2D eigenvalue weighted by atomic mass is 19.1. The number of hydrogen-bond acceptors (Lipinski definition) is 2. The van der Waals surface area contributed by atoms with Crippen molar-refractivity contribution in [3.05, 3.63) is 107 Å². The third-order valence-electron chi connectivity index (χ3n) is 9.00. The number of carbonyl (C=O) groups is 1. The monoisotopic (exact) mass is 495 g/mol. The lowest BCUT2D eigenvalue weighted by Crippen LogP contribution is -2.58. The van der Waals surface area contributed by atoms with Crippen LogP contribution in [0.5, 0.6) is 0 Å². The largest absolute Gasteiger partial charge is 0.356 e. The Morgan fingerprint density at radius 3 is 2.41 bits per heavy atom. The van der Waals surface area contributed by atoms with Crippen molar-refractivity contribution in [2.75, 3.05) is 20.6 Å². The number of para-hydroxylation sites is 1. The van der Waals surface area contributed by atoms with E-state index in [1.807, 2.05) is 36.4 Å². The molecule has 1 aliphatic carbocycles. The molecule has 190 valence electrons. The van der Waals surface area contributed by atoms with Gasteiger partial charge < -0.3 is 9.88 Å². The van der Waals surface area contributed by atoms with Crippen LogP contribution in [0, 0.1) is 5.82 Å². The zero-order valence-electron chi connectivity index (χ0n) is 21.6. The third kappa shape index (κ3) is 3.88. The molecule has 0 atom stereocenters. The Labute approximate surface area is 218 Å². The minimum atomic E-state index is -0.398.